The molecule has 0 radical (unpaired) electrons. The van der Waals surface area contributed by atoms with E-state index in [4.69, 9.17) is 9.72 Å². The van der Waals surface area contributed by atoms with Gasteiger partial charge in [-0.15, -0.1) is 0 Å². The number of nitrogens with one attached hydrogen (secondary N) is 2. The summed E-state index contributed by atoms with van der Waals surface area (Å²) in [5.41, 5.74) is -0.497. The molecule has 190 valence electrons. The van der Waals surface area contributed by atoms with Crippen molar-refractivity contribution >= 4 is 21.7 Å². The SMILES string of the molecule is COc1c(F)cccc1-c1ccc(C(=O)NS(=O)(=O)c2ccc[nH]c2=O)c(N2CCC(C)C2(C)C)n1. The molecule has 4 rings (SSSR count). The number of anilines is 1. The highest BCUT2D eigenvalue weighted by Crippen LogP contribution is 2.40. The number of amides is 1. The molecular weight excluding hydrogens is 487 g/mol. The van der Waals surface area contributed by atoms with Crippen molar-refractivity contribution in [3.8, 4) is 17.0 Å². The van der Waals surface area contributed by atoms with E-state index in [0.29, 0.717) is 17.8 Å². The number of carbonyl (C=O) groups excluding carboxylic acids is 1. The largest absolute Gasteiger partial charge is 0.493 e. The molecular formula is C25H27FN4O5S. The predicted octanol–water partition coefficient (Wildman–Crippen LogP) is 3.33. The zero-order valence-corrected chi connectivity index (χ0v) is 21.1. The summed E-state index contributed by atoms with van der Waals surface area (Å²) < 4.78 is 47.2. The van der Waals surface area contributed by atoms with E-state index in [2.05, 4.69) is 11.9 Å². The molecule has 0 aliphatic carbocycles. The fraction of sp³-hybridized carbons (Fsp3) is 0.320. The van der Waals surface area contributed by atoms with Crippen molar-refractivity contribution in [3.05, 3.63) is 70.4 Å². The van der Waals surface area contributed by atoms with Crippen molar-refractivity contribution < 1.29 is 22.3 Å². The number of hydrogen-bond acceptors (Lipinski definition) is 7. The first-order valence-corrected chi connectivity index (χ1v) is 12.8. The van der Waals surface area contributed by atoms with Crippen molar-refractivity contribution in [2.45, 2.75) is 37.6 Å². The van der Waals surface area contributed by atoms with Crippen LogP contribution >= 0.6 is 0 Å². The van der Waals surface area contributed by atoms with Crippen LogP contribution in [0.1, 0.15) is 37.6 Å². The molecule has 1 atom stereocenters. The molecule has 0 bridgehead atoms. The molecule has 2 aromatic heterocycles. The van der Waals surface area contributed by atoms with Crippen molar-refractivity contribution in [2.75, 3.05) is 18.6 Å². The molecule has 2 N–H and O–H groups in total. The van der Waals surface area contributed by atoms with Gasteiger partial charge < -0.3 is 14.6 Å². The number of carbonyl (C=O) groups is 1. The minimum atomic E-state index is -4.46. The predicted molar refractivity (Wildman–Crippen MR) is 133 cm³/mol. The smallest absolute Gasteiger partial charge is 0.269 e. The Balaban J connectivity index is 1.83. The lowest BCUT2D eigenvalue weighted by Crippen LogP contribution is -2.44. The molecule has 1 unspecified atom stereocenters. The Labute approximate surface area is 208 Å². The first-order valence-electron chi connectivity index (χ1n) is 11.3. The lowest BCUT2D eigenvalue weighted by Gasteiger charge is -2.36. The van der Waals surface area contributed by atoms with Crippen LogP contribution in [0.3, 0.4) is 0 Å². The van der Waals surface area contributed by atoms with Gasteiger partial charge in [-0.1, -0.05) is 13.0 Å². The van der Waals surface area contributed by atoms with E-state index in [1.165, 1.54) is 43.6 Å². The molecule has 1 aromatic carbocycles. The van der Waals surface area contributed by atoms with Gasteiger partial charge in [0.05, 0.1) is 18.4 Å². The summed E-state index contributed by atoms with van der Waals surface area (Å²) in [6, 6.07) is 9.86. The fourth-order valence-electron chi connectivity index (χ4n) is 4.36. The number of rotatable bonds is 6. The van der Waals surface area contributed by atoms with E-state index < -0.39 is 37.7 Å². The van der Waals surface area contributed by atoms with Gasteiger partial charge in [0.1, 0.15) is 5.82 Å². The maximum atomic E-state index is 14.4. The molecule has 9 nitrogen and oxygen atoms in total. The zero-order chi connectivity index (χ0) is 26.3. The van der Waals surface area contributed by atoms with Gasteiger partial charge in [0.25, 0.3) is 21.5 Å². The monoisotopic (exact) mass is 514 g/mol. The Morgan fingerprint density at radius 1 is 1.22 bits per heavy atom. The van der Waals surface area contributed by atoms with Crippen LogP contribution in [0.25, 0.3) is 11.3 Å². The second-order valence-corrected chi connectivity index (χ2v) is 10.8. The summed E-state index contributed by atoms with van der Waals surface area (Å²) >= 11 is 0. The number of sulfonamides is 1. The highest BCUT2D eigenvalue weighted by molar-refractivity contribution is 7.90. The number of pyridine rings is 2. The lowest BCUT2D eigenvalue weighted by atomic mass is 9.90. The van der Waals surface area contributed by atoms with E-state index in [-0.39, 0.29) is 23.0 Å². The maximum Gasteiger partial charge on any atom is 0.269 e. The highest BCUT2D eigenvalue weighted by Gasteiger charge is 2.41. The Morgan fingerprint density at radius 3 is 2.61 bits per heavy atom. The van der Waals surface area contributed by atoms with Crippen LogP contribution in [0.2, 0.25) is 0 Å². The number of para-hydroxylation sites is 1. The van der Waals surface area contributed by atoms with Gasteiger partial charge in [-0.2, -0.15) is 0 Å². The Kier molecular flexibility index (Phi) is 6.61. The number of halogens is 1. The number of hydrogen-bond donors (Lipinski definition) is 2. The molecule has 1 fully saturated rings. The van der Waals surface area contributed by atoms with Crippen LogP contribution in [0, 0.1) is 11.7 Å². The topological polar surface area (TPSA) is 121 Å². The number of aromatic amines is 1. The average molecular weight is 515 g/mol. The zero-order valence-electron chi connectivity index (χ0n) is 20.3. The quantitative estimate of drug-likeness (QED) is 0.518. The maximum absolute atomic E-state index is 14.4. The van der Waals surface area contributed by atoms with Crippen molar-refractivity contribution in [1.82, 2.24) is 14.7 Å². The van der Waals surface area contributed by atoms with Gasteiger partial charge in [0, 0.05) is 23.8 Å². The van der Waals surface area contributed by atoms with Crippen molar-refractivity contribution in [1.29, 1.82) is 0 Å². The molecule has 0 spiro atoms. The summed E-state index contributed by atoms with van der Waals surface area (Å²) in [6.07, 6.45) is 2.13. The minimum absolute atomic E-state index is 0.00669. The van der Waals surface area contributed by atoms with Crippen LogP contribution in [0.5, 0.6) is 5.75 Å². The van der Waals surface area contributed by atoms with Gasteiger partial charge >= 0.3 is 0 Å². The summed E-state index contributed by atoms with van der Waals surface area (Å²) in [6.45, 7) is 6.70. The second kappa shape index (κ2) is 9.38. The first-order chi connectivity index (χ1) is 17.0. The third kappa shape index (κ3) is 4.46. The Hall–Kier alpha value is -3.73. The number of ether oxygens (including phenoxy) is 1. The Morgan fingerprint density at radius 2 is 1.97 bits per heavy atom. The third-order valence-corrected chi connectivity index (χ3v) is 8.16. The molecule has 1 amide bonds. The van der Waals surface area contributed by atoms with Crippen LogP contribution < -0.4 is 19.9 Å². The van der Waals surface area contributed by atoms with Crippen LogP contribution in [0.4, 0.5) is 10.2 Å². The molecule has 0 saturated carbocycles. The number of nitrogens with zero attached hydrogens (tertiary/aromatic N) is 2. The van der Waals surface area contributed by atoms with E-state index >= 15 is 0 Å². The summed E-state index contributed by atoms with van der Waals surface area (Å²) in [7, 11) is -3.10. The fourth-order valence-corrected chi connectivity index (χ4v) is 5.38. The van der Waals surface area contributed by atoms with Crippen LogP contribution in [-0.4, -0.2) is 43.5 Å². The lowest BCUT2D eigenvalue weighted by molar-refractivity contribution is 0.0981. The first kappa shape index (κ1) is 25.4. The Bertz CT molecular complexity index is 1490. The van der Waals surface area contributed by atoms with E-state index in [1.54, 1.807) is 6.07 Å². The molecule has 1 aliphatic heterocycles. The van der Waals surface area contributed by atoms with Gasteiger partial charge in [-0.3, -0.25) is 9.59 Å². The normalized spacial score (nSPS) is 17.1. The molecule has 3 heterocycles. The second-order valence-electron chi connectivity index (χ2n) is 9.18. The van der Waals surface area contributed by atoms with Gasteiger partial charge in [0.15, 0.2) is 16.5 Å². The van der Waals surface area contributed by atoms with Crippen LogP contribution in [-0.2, 0) is 10.0 Å². The molecule has 11 heteroatoms. The van der Waals surface area contributed by atoms with Gasteiger partial charge in [-0.25, -0.2) is 22.5 Å². The summed E-state index contributed by atoms with van der Waals surface area (Å²) in [5, 5.41) is 0. The summed E-state index contributed by atoms with van der Waals surface area (Å²) in [5.74, 6) is -0.978. The third-order valence-electron chi connectivity index (χ3n) is 6.81. The number of aromatic nitrogens is 2. The molecule has 1 saturated heterocycles. The van der Waals surface area contributed by atoms with Crippen molar-refractivity contribution in [3.63, 3.8) is 0 Å². The number of methoxy groups -OCH3 is 1. The minimum Gasteiger partial charge on any atom is -0.493 e. The molecule has 3 aromatic rings. The van der Waals surface area contributed by atoms with Crippen molar-refractivity contribution in [2.24, 2.45) is 5.92 Å². The average Bonchev–Trinajstić information content (AvgIpc) is 3.10. The number of benzene rings is 1. The van der Waals surface area contributed by atoms with E-state index in [9.17, 15) is 22.4 Å². The molecule has 36 heavy (non-hydrogen) atoms. The van der Waals surface area contributed by atoms with Crippen LogP contribution in [0.15, 0.2) is 58.4 Å². The van der Waals surface area contributed by atoms with E-state index in [1.807, 2.05) is 23.5 Å². The van der Waals surface area contributed by atoms with Gasteiger partial charge in [0.2, 0.25) is 0 Å². The number of H-pyrrole nitrogens is 1. The summed E-state index contributed by atoms with van der Waals surface area (Å²) in [4.78, 5) is 33.7. The van der Waals surface area contributed by atoms with Gasteiger partial charge in [-0.05, 0) is 62.6 Å². The molecule has 1 aliphatic rings. The van der Waals surface area contributed by atoms with E-state index in [0.717, 1.165) is 12.5 Å². The standard InChI is InChI=1S/C25H27FN4O5S/c1-15-12-14-30(25(15,2)3)22-17(23(31)29-36(33,34)20-9-6-13-27-24(20)32)10-11-19(28-22)16-7-5-8-18(26)21(16)35-4/h5-11,13,15H,12,14H2,1-4H3,(H,27,32)(H,29,31). The highest BCUT2D eigenvalue weighted by atomic mass is 32.2.